The summed E-state index contributed by atoms with van der Waals surface area (Å²) in [5.74, 6) is 0.472. The van der Waals surface area contributed by atoms with Crippen molar-refractivity contribution >= 4 is 21.7 Å². The van der Waals surface area contributed by atoms with Gasteiger partial charge in [0.15, 0.2) is 5.82 Å². The third-order valence-electron chi connectivity index (χ3n) is 2.96. The van der Waals surface area contributed by atoms with E-state index < -0.39 is 0 Å². The number of benzene rings is 1. The Morgan fingerprint density at radius 1 is 1.37 bits per heavy atom. The lowest BCUT2D eigenvalue weighted by Crippen LogP contribution is -2.30. The minimum atomic E-state index is -0.0560. The monoisotopic (exact) mass is 321 g/mol. The summed E-state index contributed by atoms with van der Waals surface area (Å²) >= 11 is 3.51. The number of rotatable bonds is 4. The molecule has 0 saturated carbocycles. The van der Waals surface area contributed by atoms with E-state index in [2.05, 4.69) is 20.9 Å². The van der Waals surface area contributed by atoms with Crippen LogP contribution in [-0.4, -0.2) is 16.6 Å². The molecule has 0 saturated heterocycles. The summed E-state index contributed by atoms with van der Waals surface area (Å²) in [6.45, 7) is 3.23. The normalized spacial score (nSPS) is 10.5. The van der Waals surface area contributed by atoms with Crippen molar-refractivity contribution in [2.45, 2.75) is 20.0 Å². The Hall–Kier alpha value is -1.62. The summed E-state index contributed by atoms with van der Waals surface area (Å²) in [5, 5.41) is 0. The highest BCUT2D eigenvalue weighted by atomic mass is 79.9. The van der Waals surface area contributed by atoms with Crippen LogP contribution in [0.1, 0.15) is 12.5 Å². The molecule has 2 aromatic rings. The van der Waals surface area contributed by atoms with Gasteiger partial charge in [0, 0.05) is 37.0 Å². The highest BCUT2D eigenvalue weighted by Gasteiger charge is 2.11. The molecule has 0 aliphatic carbocycles. The predicted molar refractivity (Wildman–Crippen MR) is 80.4 cm³/mol. The van der Waals surface area contributed by atoms with Crippen LogP contribution in [0.15, 0.2) is 45.9 Å². The number of hydrogen-bond donors (Lipinski definition) is 0. The zero-order valence-electron chi connectivity index (χ0n) is 11.0. The fraction of sp³-hybridized carbons (Fsp3) is 0.286. The van der Waals surface area contributed by atoms with Gasteiger partial charge in [0.05, 0.1) is 0 Å². The summed E-state index contributed by atoms with van der Waals surface area (Å²) in [4.78, 5) is 18.2. The number of aromatic nitrogens is 2. The molecule has 5 heteroatoms. The first kappa shape index (κ1) is 13.8. The van der Waals surface area contributed by atoms with Gasteiger partial charge in [-0.2, -0.15) is 0 Å². The fourth-order valence-electron chi connectivity index (χ4n) is 1.90. The predicted octanol–water partition coefficient (Wildman–Crippen LogP) is 2.66. The number of anilines is 1. The van der Waals surface area contributed by atoms with Gasteiger partial charge in [0.25, 0.3) is 5.56 Å². The van der Waals surface area contributed by atoms with Gasteiger partial charge in [0.1, 0.15) is 0 Å². The van der Waals surface area contributed by atoms with E-state index in [4.69, 9.17) is 0 Å². The summed E-state index contributed by atoms with van der Waals surface area (Å²) in [5.41, 5.74) is 1.07. The lowest BCUT2D eigenvalue weighted by Gasteiger charge is -2.18. The number of aryl methyl sites for hydroxylation is 1. The van der Waals surface area contributed by atoms with Crippen molar-refractivity contribution in [2.24, 2.45) is 0 Å². The molecule has 100 valence electrons. The Bertz CT molecular complexity index is 624. The summed E-state index contributed by atoms with van der Waals surface area (Å²) < 4.78 is 2.69. The molecule has 0 aliphatic rings. The van der Waals surface area contributed by atoms with Crippen LogP contribution in [-0.2, 0) is 13.1 Å². The van der Waals surface area contributed by atoms with Gasteiger partial charge in [-0.1, -0.05) is 34.1 Å². The number of hydrogen-bond acceptors (Lipinski definition) is 3. The van der Waals surface area contributed by atoms with Gasteiger partial charge < -0.3 is 9.47 Å². The third kappa shape index (κ3) is 3.04. The quantitative estimate of drug-likeness (QED) is 0.869. The second-order valence-electron chi connectivity index (χ2n) is 4.29. The summed E-state index contributed by atoms with van der Waals surface area (Å²) in [6, 6.07) is 7.98. The first-order chi connectivity index (χ1) is 9.13. The minimum Gasteiger partial charge on any atom is -0.351 e. The average Bonchev–Trinajstić information content (AvgIpc) is 2.41. The molecule has 1 aromatic heterocycles. The van der Waals surface area contributed by atoms with Gasteiger partial charge in [-0.25, -0.2) is 4.98 Å². The maximum absolute atomic E-state index is 12.2. The maximum Gasteiger partial charge on any atom is 0.293 e. The zero-order valence-corrected chi connectivity index (χ0v) is 12.6. The highest BCUT2D eigenvalue weighted by Crippen LogP contribution is 2.18. The van der Waals surface area contributed by atoms with Crippen LogP contribution in [0.25, 0.3) is 0 Å². The lowest BCUT2D eigenvalue weighted by atomic mass is 10.2. The maximum atomic E-state index is 12.2. The fourth-order valence-corrected chi connectivity index (χ4v) is 2.31. The number of halogens is 1. The molecule has 2 rings (SSSR count). The molecule has 0 spiro atoms. The first-order valence-corrected chi connectivity index (χ1v) is 6.92. The van der Waals surface area contributed by atoms with Crippen molar-refractivity contribution in [2.75, 3.05) is 11.9 Å². The van der Waals surface area contributed by atoms with E-state index >= 15 is 0 Å². The molecule has 4 nitrogen and oxygen atoms in total. The molecule has 0 bridgehead atoms. The van der Waals surface area contributed by atoms with Crippen LogP contribution in [0.2, 0.25) is 0 Å². The Morgan fingerprint density at radius 3 is 2.79 bits per heavy atom. The minimum absolute atomic E-state index is 0.0560. The standard InChI is InChI=1S/C14H16BrN3O/c1-3-18-9-8-16-13(14(18)19)17(2)10-11-6-4-5-7-12(11)15/h4-9H,3,10H2,1-2H3. The molecule has 0 fully saturated rings. The van der Waals surface area contributed by atoms with E-state index in [1.165, 1.54) is 0 Å². The molecule has 1 aromatic carbocycles. The second-order valence-corrected chi connectivity index (χ2v) is 5.14. The second kappa shape index (κ2) is 6.02. The van der Waals surface area contributed by atoms with E-state index in [1.807, 2.05) is 43.1 Å². The Balaban J connectivity index is 2.28. The molecule has 0 aliphatic heterocycles. The Labute approximate surface area is 120 Å². The van der Waals surface area contributed by atoms with Crippen LogP contribution in [0, 0.1) is 0 Å². The van der Waals surface area contributed by atoms with Gasteiger partial charge >= 0.3 is 0 Å². The van der Waals surface area contributed by atoms with Crippen LogP contribution in [0.4, 0.5) is 5.82 Å². The van der Waals surface area contributed by atoms with Crippen LogP contribution < -0.4 is 10.5 Å². The van der Waals surface area contributed by atoms with E-state index in [-0.39, 0.29) is 5.56 Å². The lowest BCUT2D eigenvalue weighted by molar-refractivity contribution is 0.708. The van der Waals surface area contributed by atoms with Gasteiger partial charge in [-0.15, -0.1) is 0 Å². The van der Waals surface area contributed by atoms with E-state index in [9.17, 15) is 4.79 Å². The molecule has 0 N–H and O–H groups in total. The molecular formula is C14H16BrN3O. The molecule has 1 heterocycles. The van der Waals surface area contributed by atoms with Gasteiger partial charge in [0.2, 0.25) is 0 Å². The summed E-state index contributed by atoms with van der Waals surface area (Å²) in [6.07, 6.45) is 3.37. The van der Waals surface area contributed by atoms with E-state index in [1.54, 1.807) is 17.0 Å². The molecule has 0 unspecified atom stereocenters. The van der Waals surface area contributed by atoms with Crippen molar-refractivity contribution in [1.29, 1.82) is 0 Å². The third-order valence-corrected chi connectivity index (χ3v) is 3.74. The van der Waals surface area contributed by atoms with Crippen LogP contribution in [0.3, 0.4) is 0 Å². The Morgan fingerprint density at radius 2 is 2.11 bits per heavy atom. The highest BCUT2D eigenvalue weighted by molar-refractivity contribution is 9.10. The largest absolute Gasteiger partial charge is 0.351 e. The van der Waals surface area contributed by atoms with Crippen molar-refractivity contribution in [3.05, 3.63) is 57.0 Å². The van der Waals surface area contributed by atoms with Gasteiger partial charge in [-0.3, -0.25) is 4.79 Å². The van der Waals surface area contributed by atoms with E-state index in [0.29, 0.717) is 18.9 Å². The Kier molecular flexibility index (Phi) is 4.37. The molecule has 19 heavy (non-hydrogen) atoms. The van der Waals surface area contributed by atoms with Crippen molar-refractivity contribution < 1.29 is 0 Å². The van der Waals surface area contributed by atoms with Gasteiger partial charge in [-0.05, 0) is 18.6 Å². The van der Waals surface area contributed by atoms with E-state index in [0.717, 1.165) is 10.0 Å². The van der Waals surface area contributed by atoms with Crippen LogP contribution in [0.5, 0.6) is 0 Å². The molecule has 0 amide bonds. The van der Waals surface area contributed by atoms with Crippen molar-refractivity contribution in [1.82, 2.24) is 9.55 Å². The smallest absolute Gasteiger partial charge is 0.293 e. The zero-order chi connectivity index (χ0) is 13.8. The van der Waals surface area contributed by atoms with Crippen molar-refractivity contribution in [3.63, 3.8) is 0 Å². The molecule has 0 atom stereocenters. The SMILES string of the molecule is CCn1ccnc(N(C)Cc2ccccc2Br)c1=O. The van der Waals surface area contributed by atoms with Crippen molar-refractivity contribution in [3.8, 4) is 0 Å². The first-order valence-electron chi connectivity index (χ1n) is 6.13. The average molecular weight is 322 g/mol. The topological polar surface area (TPSA) is 38.1 Å². The van der Waals surface area contributed by atoms with Crippen LogP contribution >= 0.6 is 15.9 Å². The summed E-state index contributed by atoms with van der Waals surface area (Å²) in [7, 11) is 1.88. The number of nitrogens with zero attached hydrogens (tertiary/aromatic N) is 3. The molecular weight excluding hydrogens is 306 g/mol. The molecule has 0 radical (unpaired) electrons.